The van der Waals surface area contributed by atoms with Crippen molar-refractivity contribution >= 4 is 5.97 Å². The average Bonchev–Trinajstić information content (AvgIpc) is 2.02. The topological polar surface area (TPSA) is 46.5 Å². The number of aliphatic hydroxyl groups is 1. The van der Waals surface area contributed by atoms with E-state index in [2.05, 4.69) is 0 Å². The van der Waals surface area contributed by atoms with Gasteiger partial charge in [-0.1, -0.05) is 6.42 Å². The molecule has 1 saturated carbocycles. The first-order valence-corrected chi connectivity index (χ1v) is 4.65. The summed E-state index contributed by atoms with van der Waals surface area (Å²) >= 11 is 0. The molecule has 1 aliphatic heterocycles. The van der Waals surface area contributed by atoms with Crippen LogP contribution in [0.2, 0.25) is 0 Å². The van der Waals surface area contributed by atoms with E-state index in [0.29, 0.717) is 12.8 Å². The Morgan fingerprint density at radius 1 is 1.42 bits per heavy atom. The van der Waals surface area contributed by atoms with Crippen LogP contribution in [0.15, 0.2) is 0 Å². The quantitative estimate of drug-likeness (QED) is 0.556. The molecule has 0 aromatic rings. The van der Waals surface area contributed by atoms with Crippen molar-refractivity contribution in [1.29, 1.82) is 0 Å². The molecular weight excluding hydrogens is 156 g/mol. The molecule has 68 valence electrons. The van der Waals surface area contributed by atoms with Crippen molar-refractivity contribution in [1.82, 2.24) is 0 Å². The first-order valence-electron chi connectivity index (χ1n) is 4.65. The van der Waals surface area contributed by atoms with Gasteiger partial charge in [0.2, 0.25) is 5.79 Å². The summed E-state index contributed by atoms with van der Waals surface area (Å²) in [6.45, 7) is 0. The second-order valence-corrected chi connectivity index (χ2v) is 3.80. The van der Waals surface area contributed by atoms with Gasteiger partial charge in [0.05, 0.1) is 0 Å². The molecule has 1 N–H and O–H groups in total. The third-order valence-electron chi connectivity index (χ3n) is 2.96. The Balaban J connectivity index is 2.12. The molecule has 2 aliphatic rings. The van der Waals surface area contributed by atoms with E-state index in [9.17, 15) is 9.90 Å². The van der Waals surface area contributed by atoms with Crippen LogP contribution in [0.1, 0.15) is 38.5 Å². The number of hydrogen-bond donors (Lipinski definition) is 1. The summed E-state index contributed by atoms with van der Waals surface area (Å²) in [5.74, 6) is -1.15. The zero-order chi connectivity index (χ0) is 8.60. The van der Waals surface area contributed by atoms with Gasteiger partial charge in [-0.05, 0) is 19.3 Å². The maximum atomic E-state index is 10.9. The minimum absolute atomic E-state index is 0.198. The third kappa shape index (κ3) is 1.22. The third-order valence-corrected chi connectivity index (χ3v) is 2.96. The van der Waals surface area contributed by atoms with Gasteiger partial charge in [-0.2, -0.15) is 0 Å². The van der Waals surface area contributed by atoms with E-state index in [1.54, 1.807) is 0 Å². The lowest BCUT2D eigenvalue weighted by Crippen LogP contribution is -2.48. The van der Waals surface area contributed by atoms with E-state index in [4.69, 9.17) is 4.74 Å². The van der Waals surface area contributed by atoms with Gasteiger partial charge < -0.3 is 9.84 Å². The lowest BCUT2D eigenvalue weighted by atomic mass is 9.79. The van der Waals surface area contributed by atoms with Crippen LogP contribution >= 0.6 is 0 Å². The van der Waals surface area contributed by atoms with Crippen LogP contribution in [-0.4, -0.2) is 16.9 Å². The lowest BCUT2D eigenvalue weighted by Gasteiger charge is -2.41. The molecule has 0 amide bonds. The molecule has 12 heavy (non-hydrogen) atoms. The van der Waals surface area contributed by atoms with E-state index < -0.39 is 5.79 Å². The maximum Gasteiger partial charge on any atom is 0.308 e. The predicted molar refractivity (Wildman–Crippen MR) is 42.2 cm³/mol. The number of ether oxygens (including phenoxy) is 1. The standard InChI is InChI=1S/C9H14O3/c10-8-5-4-7-3-1-2-6-9(7,11)12-8/h7,11H,1-6H2/t7-,9+/m0/s1. The van der Waals surface area contributed by atoms with E-state index in [1.807, 2.05) is 0 Å². The molecule has 0 spiro atoms. The van der Waals surface area contributed by atoms with Gasteiger partial charge in [0.25, 0.3) is 0 Å². The number of fused-ring (bicyclic) bond motifs is 1. The fourth-order valence-corrected chi connectivity index (χ4v) is 2.24. The largest absolute Gasteiger partial charge is 0.433 e. The van der Waals surface area contributed by atoms with Gasteiger partial charge in [-0.15, -0.1) is 0 Å². The molecule has 1 aliphatic carbocycles. The number of carbonyl (C=O) groups excluding carboxylic acids is 1. The Labute approximate surface area is 71.7 Å². The highest BCUT2D eigenvalue weighted by Crippen LogP contribution is 2.40. The molecule has 2 rings (SSSR count). The summed E-state index contributed by atoms with van der Waals surface area (Å²) in [6, 6.07) is 0. The molecule has 0 unspecified atom stereocenters. The molecule has 1 heterocycles. The number of esters is 1. The molecule has 2 fully saturated rings. The fourth-order valence-electron chi connectivity index (χ4n) is 2.24. The van der Waals surface area contributed by atoms with Gasteiger partial charge >= 0.3 is 5.97 Å². The van der Waals surface area contributed by atoms with Crippen molar-refractivity contribution in [3.05, 3.63) is 0 Å². The maximum absolute atomic E-state index is 10.9. The number of rotatable bonds is 0. The van der Waals surface area contributed by atoms with Crippen molar-refractivity contribution in [2.45, 2.75) is 44.3 Å². The Kier molecular flexibility index (Phi) is 1.83. The second kappa shape index (κ2) is 2.73. The minimum Gasteiger partial charge on any atom is -0.433 e. The second-order valence-electron chi connectivity index (χ2n) is 3.80. The van der Waals surface area contributed by atoms with Gasteiger partial charge in [-0.25, -0.2) is 0 Å². The monoisotopic (exact) mass is 170 g/mol. The van der Waals surface area contributed by atoms with Crippen LogP contribution in [0.25, 0.3) is 0 Å². The highest BCUT2D eigenvalue weighted by Gasteiger charge is 2.45. The van der Waals surface area contributed by atoms with Crippen molar-refractivity contribution in [3.63, 3.8) is 0 Å². The van der Waals surface area contributed by atoms with Gasteiger partial charge in [0.15, 0.2) is 0 Å². The van der Waals surface area contributed by atoms with Gasteiger partial charge in [0, 0.05) is 18.8 Å². The van der Waals surface area contributed by atoms with Crippen LogP contribution in [-0.2, 0) is 9.53 Å². The molecule has 0 aromatic heterocycles. The number of carbonyl (C=O) groups is 1. The first-order chi connectivity index (χ1) is 5.71. The van der Waals surface area contributed by atoms with E-state index in [-0.39, 0.29) is 11.9 Å². The Bertz CT molecular complexity index is 202. The normalized spacial score (nSPS) is 41.8. The zero-order valence-corrected chi connectivity index (χ0v) is 7.08. The van der Waals surface area contributed by atoms with Crippen molar-refractivity contribution in [2.24, 2.45) is 5.92 Å². The van der Waals surface area contributed by atoms with Crippen molar-refractivity contribution < 1.29 is 14.6 Å². The van der Waals surface area contributed by atoms with E-state index in [0.717, 1.165) is 25.7 Å². The van der Waals surface area contributed by atoms with Crippen LogP contribution in [0.4, 0.5) is 0 Å². The molecule has 2 atom stereocenters. The van der Waals surface area contributed by atoms with Gasteiger partial charge in [0.1, 0.15) is 0 Å². The summed E-state index contributed by atoms with van der Waals surface area (Å²) in [7, 11) is 0. The highest BCUT2D eigenvalue weighted by atomic mass is 16.7. The number of hydrogen-bond acceptors (Lipinski definition) is 3. The summed E-state index contributed by atoms with van der Waals surface area (Å²) < 4.78 is 4.99. The lowest BCUT2D eigenvalue weighted by molar-refractivity contribution is -0.256. The molecular formula is C9H14O3. The molecule has 0 radical (unpaired) electrons. The van der Waals surface area contributed by atoms with Crippen LogP contribution in [0.3, 0.4) is 0 Å². The van der Waals surface area contributed by atoms with Crippen LogP contribution in [0, 0.1) is 5.92 Å². The van der Waals surface area contributed by atoms with E-state index in [1.165, 1.54) is 0 Å². The summed E-state index contributed by atoms with van der Waals surface area (Å²) in [4.78, 5) is 10.9. The Morgan fingerprint density at radius 2 is 2.25 bits per heavy atom. The average molecular weight is 170 g/mol. The minimum atomic E-state index is -1.10. The predicted octanol–water partition coefficient (Wildman–Crippen LogP) is 1.20. The van der Waals surface area contributed by atoms with Gasteiger partial charge in [-0.3, -0.25) is 4.79 Å². The Hall–Kier alpha value is -0.570. The molecule has 0 aromatic carbocycles. The Morgan fingerprint density at radius 3 is 3.08 bits per heavy atom. The van der Waals surface area contributed by atoms with Crippen LogP contribution < -0.4 is 0 Å². The smallest absolute Gasteiger partial charge is 0.308 e. The summed E-state index contributed by atoms with van der Waals surface area (Å²) in [6.07, 6.45) is 5.04. The van der Waals surface area contributed by atoms with Crippen molar-refractivity contribution in [3.8, 4) is 0 Å². The SMILES string of the molecule is O=C1CC[C@@H]2CCCC[C@@]2(O)O1. The van der Waals surface area contributed by atoms with E-state index >= 15 is 0 Å². The highest BCUT2D eigenvalue weighted by molar-refractivity contribution is 5.70. The summed E-state index contributed by atoms with van der Waals surface area (Å²) in [5, 5.41) is 9.92. The van der Waals surface area contributed by atoms with Crippen molar-refractivity contribution in [2.75, 3.05) is 0 Å². The molecule has 0 bridgehead atoms. The summed E-state index contributed by atoms with van der Waals surface area (Å²) in [5.41, 5.74) is 0. The molecule has 1 saturated heterocycles. The fraction of sp³-hybridized carbons (Fsp3) is 0.889. The molecule has 3 heteroatoms. The zero-order valence-electron chi connectivity index (χ0n) is 7.08. The van der Waals surface area contributed by atoms with Crippen LogP contribution in [0.5, 0.6) is 0 Å². The first kappa shape index (κ1) is 8.05. The molecule has 3 nitrogen and oxygen atoms in total.